The van der Waals surface area contributed by atoms with Crippen molar-refractivity contribution in [3.05, 3.63) is 47.7 Å². The van der Waals surface area contributed by atoms with Gasteiger partial charge in [0.2, 0.25) is 5.91 Å². The summed E-state index contributed by atoms with van der Waals surface area (Å²) in [5, 5.41) is 3.39. The molecule has 1 aliphatic carbocycles. The minimum atomic E-state index is -0.228. The Labute approximate surface area is 192 Å². The first-order valence-corrected chi connectivity index (χ1v) is 12.2. The molecule has 5 nitrogen and oxygen atoms in total. The zero-order valence-electron chi connectivity index (χ0n) is 19.7. The van der Waals surface area contributed by atoms with Crippen LogP contribution in [-0.2, 0) is 4.79 Å². The number of carbonyl (C=O) groups is 1. The van der Waals surface area contributed by atoms with Gasteiger partial charge in [-0.05, 0) is 38.5 Å². The van der Waals surface area contributed by atoms with E-state index >= 15 is 0 Å². The van der Waals surface area contributed by atoms with Crippen molar-refractivity contribution < 1.29 is 4.79 Å². The number of anilines is 1. The van der Waals surface area contributed by atoms with Gasteiger partial charge in [-0.25, -0.2) is 9.97 Å². The summed E-state index contributed by atoms with van der Waals surface area (Å²) in [5.74, 6) is 2.16. The molecule has 0 spiro atoms. The van der Waals surface area contributed by atoms with E-state index in [-0.39, 0.29) is 11.9 Å². The number of hydrogen-bond donors (Lipinski definition) is 1. The number of amides is 1. The Bertz CT molecular complexity index is 948. The van der Waals surface area contributed by atoms with Crippen molar-refractivity contribution in [2.45, 2.75) is 77.8 Å². The minimum Gasteiger partial charge on any atom is -0.352 e. The number of carbonyl (C=O) groups excluding carboxylic acids is 1. The molecular weight excluding hydrogens is 396 g/mol. The van der Waals surface area contributed by atoms with Gasteiger partial charge in [0.1, 0.15) is 11.9 Å². The van der Waals surface area contributed by atoms with Crippen molar-refractivity contribution in [1.29, 1.82) is 0 Å². The summed E-state index contributed by atoms with van der Waals surface area (Å²) in [6, 6.07) is 10.2. The highest BCUT2D eigenvalue weighted by molar-refractivity contribution is 5.86. The first kappa shape index (κ1) is 22.5. The third kappa shape index (κ3) is 5.20. The predicted octanol–water partition coefficient (Wildman–Crippen LogP) is 5.54. The smallest absolute Gasteiger partial charge is 0.242 e. The number of aromatic nitrogens is 2. The van der Waals surface area contributed by atoms with E-state index in [4.69, 9.17) is 9.97 Å². The molecule has 1 unspecified atom stereocenters. The van der Waals surface area contributed by atoms with Crippen molar-refractivity contribution in [3.8, 4) is 11.4 Å². The minimum absolute atomic E-state index is 0.149. The molecule has 2 aliphatic rings. The third-order valence-electron chi connectivity index (χ3n) is 6.57. The van der Waals surface area contributed by atoms with Crippen LogP contribution in [0.4, 0.5) is 5.82 Å². The number of benzene rings is 1. The fraction of sp³-hybridized carbons (Fsp3) is 0.519. The first-order chi connectivity index (χ1) is 15.5. The van der Waals surface area contributed by atoms with E-state index in [9.17, 15) is 4.79 Å². The molecule has 1 atom stereocenters. The summed E-state index contributed by atoms with van der Waals surface area (Å²) in [7, 11) is 0. The van der Waals surface area contributed by atoms with Crippen LogP contribution >= 0.6 is 0 Å². The van der Waals surface area contributed by atoms with Gasteiger partial charge >= 0.3 is 0 Å². The Morgan fingerprint density at radius 3 is 2.59 bits per heavy atom. The molecule has 0 saturated heterocycles. The number of nitrogens with one attached hydrogen (secondary N) is 1. The fourth-order valence-corrected chi connectivity index (χ4v) is 4.89. The largest absolute Gasteiger partial charge is 0.352 e. The van der Waals surface area contributed by atoms with Gasteiger partial charge in [0.05, 0.1) is 5.69 Å². The Kier molecular flexibility index (Phi) is 7.23. The second-order valence-corrected chi connectivity index (χ2v) is 9.61. The molecule has 0 bridgehead atoms. The highest BCUT2D eigenvalue weighted by Gasteiger charge is 2.32. The van der Waals surface area contributed by atoms with Crippen molar-refractivity contribution >= 4 is 17.8 Å². The van der Waals surface area contributed by atoms with Crippen molar-refractivity contribution in [2.75, 3.05) is 11.4 Å². The number of hydrogen-bond acceptors (Lipinski definition) is 4. The molecule has 1 aromatic carbocycles. The van der Waals surface area contributed by atoms with Gasteiger partial charge in [0.25, 0.3) is 0 Å². The molecule has 1 N–H and O–H groups in total. The van der Waals surface area contributed by atoms with Gasteiger partial charge in [0, 0.05) is 23.7 Å². The topological polar surface area (TPSA) is 58.1 Å². The van der Waals surface area contributed by atoms with E-state index in [1.165, 1.54) is 19.3 Å². The molecule has 5 heteroatoms. The van der Waals surface area contributed by atoms with Crippen LogP contribution in [0.2, 0.25) is 0 Å². The molecule has 1 aromatic heterocycles. The van der Waals surface area contributed by atoms with E-state index in [0.29, 0.717) is 12.0 Å². The van der Waals surface area contributed by atoms with E-state index in [1.54, 1.807) is 0 Å². The lowest BCUT2D eigenvalue weighted by atomic mass is 9.94. The molecule has 1 amide bonds. The highest BCUT2D eigenvalue weighted by Crippen LogP contribution is 2.31. The number of rotatable bonds is 6. The Morgan fingerprint density at radius 2 is 1.88 bits per heavy atom. The van der Waals surface area contributed by atoms with Crippen molar-refractivity contribution in [3.63, 3.8) is 0 Å². The second-order valence-electron chi connectivity index (χ2n) is 9.61. The Balaban J connectivity index is 1.70. The van der Waals surface area contributed by atoms with Gasteiger partial charge in [0.15, 0.2) is 5.82 Å². The van der Waals surface area contributed by atoms with Crippen LogP contribution in [0.3, 0.4) is 0 Å². The van der Waals surface area contributed by atoms with Crippen LogP contribution in [0.15, 0.2) is 36.4 Å². The summed E-state index contributed by atoms with van der Waals surface area (Å²) >= 11 is 0. The molecule has 4 rings (SSSR count). The Morgan fingerprint density at radius 1 is 1.12 bits per heavy atom. The summed E-state index contributed by atoms with van der Waals surface area (Å²) in [6.07, 6.45) is 11.9. The second kappa shape index (κ2) is 10.3. The van der Waals surface area contributed by atoms with E-state index < -0.39 is 0 Å². The predicted molar refractivity (Wildman–Crippen MR) is 131 cm³/mol. The van der Waals surface area contributed by atoms with Crippen LogP contribution < -0.4 is 10.2 Å². The molecule has 0 radical (unpaired) electrons. The van der Waals surface area contributed by atoms with E-state index in [2.05, 4.69) is 36.2 Å². The lowest BCUT2D eigenvalue weighted by Gasteiger charge is -2.35. The average molecular weight is 433 g/mol. The maximum Gasteiger partial charge on any atom is 0.242 e. The van der Waals surface area contributed by atoms with Gasteiger partial charge < -0.3 is 10.2 Å². The third-order valence-corrected chi connectivity index (χ3v) is 6.57. The number of aryl methyl sites for hydroxylation is 1. The van der Waals surface area contributed by atoms with Crippen LogP contribution in [0.5, 0.6) is 0 Å². The van der Waals surface area contributed by atoms with Gasteiger partial charge in [-0.2, -0.15) is 0 Å². The lowest BCUT2D eigenvalue weighted by molar-refractivity contribution is -0.123. The maximum absolute atomic E-state index is 13.6. The quantitative estimate of drug-likeness (QED) is 0.651. The monoisotopic (exact) mass is 432 g/mol. The Hall–Kier alpha value is -2.69. The summed E-state index contributed by atoms with van der Waals surface area (Å²) < 4.78 is 0. The van der Waals surface area contributed by atoms with Gasteiger partial charge in [-0.3, -0.25) is 4.79 Å². The molecule has 1 aliphatic heterocycles. The molecular formula is C27H36N4O. The molecule has 1 fully saturated rings. The zero-order chi connectivity index (χ0) is 22.5. The fourth-order valence-electron chi connectivity index (χ4n) is 4.89. The first-order valence-electron chi connectivity index (χ1n) is 12.2. The molecule has 2 aromatic rings. The standard InChI is InChI=1S/C27H36N4O/c1-19(2)18-24(27(32)29-22-14-8-5-9-15-22)31-17-11-10-16-23-20(3)28-25(30-26(23)31)21-12-6-4-7-13-21/h4,6-7,10,12-13,16,19,22,24H,5,8-9,11,14-15,17-18H2,1-3H3,(H,29,32). The van der Waals surface area contributed by atoms with Crippen LogP contribution in [0.25, 0.3) is 17.5 Å². The molecule has 1 saturated carbocycles. The zero-order valence-corrected chi connectivity index (χ0v) is 19.7. The number of fused-ring (bicyclic) bond motifs is 1. The molecule has 32 heavy (non-hydrogen) atoms. The summed E-state index contributed by atoms with van der Waals surface area (Å²) in [5.41, 5.74) is 2.98. The van der Waals surface area contributed by atoms with Crippen molar-refractivity contribution in [2.24, 2.45) is 5.92 Å². The molecule has 170 valence electrons. The van der Waals surface area contributed by atoms with Crippen LogP contribution in [0, 0.1) is 12.8 Å². The lowest BCUT2D eigenvalue weighted by Crippen LogP contribution is -2.51. The maximum atomic E-state index is 13.6. The van der Waals surface area contributed by atoms with Crippen LogP contribution in [0.1, 0.15) is 70.1 Å². The summed E-state index contributed by atoms with van der Waals surface area (Å²) in [4.78, 5) is 25.7. The number of nitrogens with zero attached hydrogens (tertiary/aromatic N) is 3. The van der Waals surface area contributed by atoms with Crippen molar-refractivity contribution in [1.82, 2.24) is 15.3 Å². The van der Waals surface area contributed by atoms with Gasteiger partial charge in [-0.15, -0.1) is 0 Å². The van der Waals surface area contributed by atoms with Gasteiger partial charge in [-0.1, -0.05) is 75.6 Å². The SMILES string of the molecule is Cc1nc(-c2ccccc2)nc2c1C=CCCN2C(CC(C)C)C(=O)NC1CCCCC1. The van der Waals surface area contributed by atoms with Crippen LogP contribution in [-0.4, -0.2) is 34.5 Å². The van der Waals surface area contributed by atoms with E-state index in [0.717, 1.165) is 60.7 Å². The molecule has 2 heterocycles. The summed E-state index contributed by atoms with van der Waals surface area (Å²) in [6.45, 7) is 7.21. The highest BCUT2D eigenvalue weighted by atomic mass is 16.2. The normalized spacial score (nSPS) is 17.7. The average Bonchev–Trinajstić information content (AvgIpc) is 3.01. The van der Waals surface area contributed by atoms with E-state index in [1.807, 2.05) is 37.3 Å².